The number of likely N-dealkylation sites (tertiary alicyclic amines) is 1. The molecule has 1 atom stereocenters. The molecule has 1 saturated heterocycles. The van der Waals surface area contributed by atoms with Gasteiger partial charge in [-0.15, -0.1) is 11.8 Å². The highest BCUT2D eigenvalue weighted by molar-refractivity contribution is 7.98. The standard InChI is InChI=1S/C13H18N2O2S/c1-18-12-6-2-4-10(8-12)14-13(17)15-7-3-5-11(16)9-15/h2,4,6,8,11,16H,3,5,7,9H2,1H3,(H,14,17). The minimum absolute atomic E-state index is 0.132. The third kappa shape index (κ3) is 3.40. The van der Waals surface area contributed by atoms with E-state index in [1.54, 1.807) is 16.7 Å². The molecule has 0 radical (unpaired) electrons. The normalized spacial score (nSPS) is 19.7. The SMILES string of the molecule is CSc1cccc(NC(=O)N2CCCC(O)C2)c1. The van der Waals surface area contributed by atoms with E-state index in [1.165, 1.54) is 0 Å². The number of carbonyl (C=O) groups is 1. The number of nitrogens with one attached hydrogen (secondary N) is 1. The third-order valence-corrected chi connectivity index (χ3v) is 3.73. The van der Waals surface area contributed by atoms with E-state index in [1.807, 2.05) is 30.5 Å². The lowest BCUT2D eigenvalue weighted by Crippen LogP contribution is -2.44. The number of benzene rings is 1. The van der Waals surface area contributed by atoms with E-state index in [2.05, 4.69) is 5.32 Å². The molecule has 98 valence electrons. The van der Waals surface area contributed by atoms with Crippen molar-refractivity contribution in [2.24, 2.45) is 0 Å². The van der Waals surface area contributed by atoms with Gasteiger partial charge in [-0.3, -0.25) is 0 Å². The lowest BCUT2D eigenvalue weighted by molar-refractivity contribution is 0.0883. The fourth-order valence-corrected chi connectivity index (χ4v) is 2.50. The summed E-state index contributed by atoms with van der Waals surface area (Å²) in [4.78, 5) is 14.8. The highest BCUT2D eigenvalue weighted by atomic mass is 32.2. The molecule has 0 aromatic heterocycles. The number of hydrogen-bond donors (Lipinski definition) is 2. The van der Waals surface area contributed by atoms with Crippen LogP contribution in [0.3, 0.4) is 0 Å². The van der Waals surface area contributed by atoms with Crippen LogP contribution >= 0.6 is 11.8 Å². The van der Waals surface area contributed by atoms with Gasteiger partial charge in [-0.1, -0.05) is 6.07 Å². The summed E-state index contributed by atoms with van der Waals surface area (Å²) in [6.45, 7) is 1.14. The molecule has 1 aliphatic rings. The minimum atomic E-state index is -0.387. The fourth-order valence-electron chi connectivity index (χ4n) is 2.04. The Bertz CT molecular complexity index is 425. The van der Waals surface area contributed by atoms with E-state index >= 15 is 0 Å². The number of hydrogen-bond acceptors (Lipinski definition) is 3. The van der Waals surface area contributed by atoms with Crippen molar-refractivity contribution in [2.45, 2.75) is 23.8 Å². The number of carbonyl (C=O) groups excluding carboxylic acids is 1. The molecule has 0 aliphatic carbocycles. The highest BCUT2D eigenvalue weighted by Crippen LogP contribution is 2.19. The van der Waals surface area contributed by atoms with Crippen molar-refractivity contribution in [1.82, 2.24) is 4.90 Å². The zero-order chi connectivity index (χ0) is 13.0. The molecule has 0 spiro atoms. The molecule has 0 bridgehead atoms. The number of nitrogens with zero attached hydrogens (tertiary/aromatic N) is 1. The number of piperidine rings is 1. The fraction of sp³-hybridized carbons (Fsp3) is 0.462. The number of anilines is 1. The first-order valence-electron chi connectivity index (χ1n) is 6.07. The van der Waals surface area contributed by atoms with Gasteiger partial charge in [0.1, 0.15) is 0 Å². The molecule has 2 N–H and O–H groups in total. The number of thioether (sulfide) groups is 1. The van der Waals surface area contributed by atoms with E-state index in [0.717, 1.165) is 23.4 Å². The Morgan fingerprint density at radius 1 is 1.56 bits per heavy atom. The summed E-state index contributed by atoms with van der Waals surface area (Å²) >= 11 is 1.64. The topological polar surface area (TPSA) is 52.6 Å². The molecule has 1 aromatic rings. The predicted molar refractivity (Wildman–Crippen MR) is 74.1 cm³/mol. The van der Waals surface area contributed by atoms with E-state index < -0.39 is 0 Å². The lowest BCUT2D eigenvalue weighted by Gasteiger charge is -2.30. The molecule has 1 aliphatic heterocycles. The molecule has 1 aromatic carbocycles. The van der Waals surface area contributed by atoms with Gasteiger partial charge in [-0.25, -0.2) is 4.79 Å². The van der Waals surface area contributed by atoms with Gasteiger partial charge in [0.25, 0.3) is 0 Å². The smallest absolute Gasteiger partial charge is 0.321 e. The van der Waals surface area contributed by atoms with Crippen molar-refractivity contribution >= 4 is 23.5 Å². The number of amides is 2. The van der Waals surface area contributed by atoms with Gasteiger partial charge in [0, 0.05) is 23.7 Å². The van der Waals surface area contributed by atoms with Gasteiger partial charge in [0.15, 0.2) is 0 Å². The molecule has 4 nitrogen and oxygen atoms in total. The maximum atomic E-state index is 12.0. The zero-order valence-electron chi connectivity index (χ0n) is 10.4. The Kier molecular flexibility index (Phi) is 4.49. The largest absolute Gasteiger partial charge is 0.391 e. The molecule has 18 heavy (non-hydrogen) atoms. The van der Waals surface area contributed by atoms with Crippen molar-refractivity contribution in [3.05, 3.63) is 24.3 Å². The monoisotopic (exact) mass is 266 g/mol. The van der Waals surface area contributed by atoms with Gasteiger partial charge in [-0.2, -0.15) is 0 Å². The molecule has 1 fully saturated rings. The number of rotatable bonds is 2. The van der Waals surface area contributed by atoms with Gasteiger partial charge < -0.3 is 15.3 Å². The summed E-state index contributed by atoms with van der Waals surface area (Å²) in [7, 11) is 0. The van der Waals surface area contributed by atoms with Gasteiger partial charge in [-0.05, 0) is 37.3 Å². The molecule has 0 saturated carbocycles. The first-order valence-corrected chi connectivity index (χ1v) is 7.29. The van der Waals surface area contributed by atoms with Crippen LogP contribution in [0.25, 0.3) is 0 Å². The summed E-state index contributed by atoms with van der Waals surface area (Å²) in [5.41, 5.74) is 0.798. The number of β-amino-alcohol motifs (C(OH)–C–C–N with tert-alkyl or cyclic N) is 1. The first-order chi connectivity index (χ1) is 8.69. The van der Waals surface area contributed by atoms with Crippen LogP contribution in [0.15, 0.2) is 29.2 Å². The highest BCUT2D eigenvalue weighted by Gasteiger charge is 2.21. The lowest BCUT2D eigenvalue weighted by atomic mass is 10.1. The summed E-state index contributed by atoms with van der Waals surface area (Å²) in [5, 5.41) is 12.4. The maximum Gasteiger partial charge on any atom is 0.321 e. The Morgan fingerprint density at radius 2 is 2.39 bits per heavy atom. The number of urea groups is 1. The second-order valence-electron chi connectivity index (χ2n) is 4.40. The van der Waals surface area contributed by atoms with Crippen molar-refractivity contribution in [1.29, 1.82) is 0 Å². The maximum absolute atomic E-state index is 12.0. The van der Waals surface area contributed by atoms with E-state index in [0.29, 0.717) is 13.1 Å². The minimum Gasteiger partial charge on any atom is -0.391 e. The van der Waals surface area contributed by atoms with E-state index in [-0.39, 0.29) is 12.1 Å². The Morgan fingerprint density at radius 3 is 3.11 bits per heavy atom. The van der Waals surface area contributed by atoms with Gasteiger partial charge >= 0.3 is 6.03 Å². The Hall–Kier alpha value is -1.20. The van der Waals surface area contributed by atoms with E-state index in [4.69, 9.17) is 0 Å². The summed E-state index contributed by atoms with van der Waals surface area (Å²) < 4.78 is 0. The quantitative estimate of drug-likeness (QED) is 0.808. The van der Waals surface area contributed by atoms with Crippen LogP contribution in [0, 0.1) is 0 Å². The first kappa shape index (κ1) is 13.2. The Labute approximate surface area is 111 Å². The predicted octanol–water partition coefficient (Wildman–Crippen LogP) is 2.40. The van der Waals surface area contributed by atoms with Crippen molar-refractivity contribution in [2.75, 3.05) is 24.7 Å². The molecule has 2 rings (SSSR count). The second-order valence-corrected chi connectivity index (χ2v) is 5.28. The summed E-state index contributed by atoms with van der Waals surface area (Å²) in [5.74, 6) is 0. The van der Waals surface area contributed by atoms with Crippen LogP contribution < -0.4 is 5.32 Å². The molecule has 2 amide bonds. The molecule has 1 heterocycles. The molecular formula is C13H18N2O2S. The molecular weight excluding hydrogens is 248 g/mol. The van der Waals surface area contributed by atoms with Crippen LogP contribution in [-0.4, -0.2) is 41.5 Å². The average molecular weight is 266 g/mol. The van der Waals surface area contributed by atoms with Gasteiger partial charge in [0.2, 0.25) is 0 Å². The second kappa shape index (κ2) is 6.11. The van der Waals surface area contributed by atoms with Crippen LogP contribution in [-0.2, 0) is 0 Å². The van der Waals surface area contributed by atoms with Crippen molar-refractivity contribution in [3.8, 4) is 0 Å². The van der Waals surface area contributed by atoms with Crippen LogP contribution in [0.2, 0.25) is 0 Å². The summed E-state index contributed by atoms with van der Waals surface area (Å²) in [6, 6.07) is 7.62. The van der Waals surface area contributed by atoms with Crippen molar-refractivity contribution in [3.63, 3.8) is 0 Å². The Balaban J connectivity index is 1.97. The summed E-state index contributed by atoms with van der Waals surface area (Å²) in [6.07, 6.45) is 3.26. The van der Waals surface area contributed by atoms with Crippen LogP contribution in [0.4, 0.5) is 10.5 Å². The van der Waals surface area contributed by atoms with E-state index in [9.17, 15) is 9.90 Å². The number of aliphatic hydroxyl groups excluding tert-OH is 1. The number of aliphatic hydroxyl groups is 1. The van der Waals surface area contributed by atoms with Crippen LogP contribution in [0.5, 0.6) is 0 Å². The zero-order valence-corrected chi connectivity index (χ0v) is 11.2. The third-order valence-electron chi connectivity index (χ3n) is 3.00. The molecule has 5 heteroatoms. The molecule has 1 unspecified atom stereocenters. The van der Waals surface area contributed by atoms with Gasteiger partial charge in [0.05, 0.1) is 6.10 Å². The average Bonchev–Trinajstić information content (AvgIpc) is 2.39. The van der Waals surface area contributed by atoms with Crippen LogP contribution in [0.1, 0.15) is 12.8 Å². The van der Waals surface area contributed by atoms with Crippen molar-refractivity contribution < 1.29 is 9.90 Å².